The van der Waals surface area contributed by atoms with Crippen molar-refractivity contribution >= 4 is 11.3 Å². The Hall–Kier alpha value is -0.650. The summed E-state index contributed by atoms with van der Waals surface area (Å²) >= 11 is 1.38. The lowest BCUT2D eigenvalue weighted by molar-refractivity contribution is 0.173. The van der Waals surface area contributed by atoms with Crippen LogP contribution in [0.5, 0.6) is 5.19 Å². The van der Waals surface area contributed by atoms with Crippen molar-refractivity contribution in [3.05, 3.63) is 11.1 Å². The van der Waals surface area contributed by atoms with Gasteiger partial charge in [0.15, 0.2) is 0 Å². The van der Waals surface area contributed by atoms with Gasteiger partial charge in [-0.05, 0) is 7.05 Å². The van der Waals surface area contributed by atoms with E-state index in [4.69, 9.17) is 4.74 Å². The van der Waals surface area contributed by atoms with Crippen LogP contribution in [-0.2, 0) is 0 Å². The number of ether oxygens (including phenoxy) is 1. The van der Waals surface area contributed by atoms with Gasteiger partial charge in [-0.3, -0.25) is 0 Å². The second-order valence-corrected chi connectivity index (χ2v) is 3.14. The van der Waals surface area contributed by atoms with E-state index in [0.29, 0.717) is 17.4 Å². The Balaban J connectivity index is 2.61. The van der Waals surface area contributed by atoms with Gasteiger partial charge in [0.2, 0.25) is 0 Å². The molecule has 12 heavy (non-hydrogen) atoms. The van der Waals surface area contributed by atoms with Crippen LogP contribution >= 0.6 is 11.3 Å². The zero-order valence-electron chi connectivity index (χ0n) is 7.07. The lowest BCUT2D eigenvalue weighted by Gasteiger charge is -2.04. The number of aliphatic hydroxyl groups excluding tert-OH is 1. The fourth-order valence-corrected chi connectivity index (χ4v) is 1.50. The first-order valence-corrected chi connectivity index (χ1v) is 4.48. The van der Waals surface area contributed by atoms with Crippen molar-refractivity contribution in [2.75, 3.05) is 20.7 Å². The number of aromatic nitrogens is 1. The van der Waals surface area contributed by atoms with Crippen LogP contribution in [0.1, 0.15) is 11.8 Å². The molecule has 0 spiro atoms. The predicted molar refractivity (Wildman–Crippen MR) is 47.6 cm³/mol. The van der Waals surface area contributed by atoms with Gasteiger partial charge in [-0.2, -0.15) is 0 Å². The van der Waals surface area contributed by atoms with E-state index in [2.05, 4.69) is 10.3 Å². The van der Waals surface area contributed by atoms with Gasteiger partial charge >= 0.3 is 0 Å². The summed E-state index contributed by atoms with van der Waals surface area (Å²) in [6.45, 7) is 0.507. The summed E-state index contributed by atoms with van der Waals surface area (Å²) in [5.41, 5.74) is 0.659. The topological polar surface area (TPSA) is 54.4 Å². The highest BCUT2D eigenvalue weighted by molar-refractivity contribution is 7.11. The molecule has 0 saturated carbocycles. The molecule has 0 saturated heterocycles. The van der Waals surface area contributed by atoms with Crippen LogP contribution in [-0.4, -0.2) is 30.8 Å². The maximum absolute atomic E-state index is 9.46. The fraction of sp³-hybridized carbons (Fsp3) is 0.571. The Morgan fingerprint density at radius 3 is 3.08 bits per heavy atom. The second kappa shape index (κ2) is 4.39. The SMILES string of the molecule is CNCC(O)c1csc(OC)n1. The molecule has 0 bridgehead atoms. The van der Waals surface area contributed by atoms with Crippen LogP contribution in [0.3, 0.4) is 0 Å². The van der Waals surface area contributed by atoms with E-state index < -0.39 is 6.10 Å². The van der Waals surface area contributed by atoms with Gasteiger partial charge in [0.25, 0.3) is 5.19 Å². The van der Waals surface area contributed by atoms with Crippen molar-refractivity contribution in [3.63, 3.8) is 0 Å². The molecule has 1 heterocycles. The van der Waals surface area contributed by atoms with E-state index in [1.807, 2.05) is 0 Å². The fourth-order valence-electron chi connectivity index (χ4n) is 0.814. The highest BCUT2D eigenvalue weighted by Gasteiger charge is 2.10. The molecule has 1 aromatic rings. The van der Waals surface area contributed by atoms with Gasteiger partial charge in [0, 0.05) is 11.9 Å². The van der Waals surface area contributed by atoms with Gasteiger partial charge in [0.05, 0.1) is 12.8 Å². The Morgan fingerprint density at radius 1 is 1.83 bits per heavy atom. The highest BCUT2D eigenvalue weighted by atomic mass is 32.1. The van der Waals surface area contributed by atoms with Crippen molar-refractivity contribution in [2.24, 2.45) is 0 Å². The number of rotatable bonds is 4. The molecule has 0 aliphatic heterocycles. The van der Waals surface area contributed by atoms with Crippen LogP contribution in [0.25, 0.3) is 0 Å². The van der Waals surface area contributed by atoms with Crippen LogP contribution in [0.2, 0.25) is 0 Å². The number of aliphatic hydroxyl groups is 1. The Kier molecular flexibility index (Phi) is 3.46. The molecule has 2 N–H and O–H groups in total. The highest BCUT2D eigenvalue weighted by Crippen LogP contribution is 2.21. The molecule has 4 nitrogen and oxygen atoms in total. The van der Waals surface area contributed by atoms with Crippen LogP contribution in [0.15, 0.2) is 5.38 Å². The molecule has 0 radical (unpaired) electrons. The van der Waals surface area contributed by atoms with Crippen molar-refractivity contribution < 1.29 is 9.84 Å². The quantitative estimate of drug-likeness (QED) is 0.718. The van der Waals surface area contributed by atoms with Gasteiger partial charge < -0.3 is 15.2 Å². The number of thiazole rings is 1. The molecule has 0 aromatic carbocycles. The maximum atomic E-state index is 9.46. The predicted octanol–water partition coefficient (Wildman–Crippen LogP) is 0.405. The van der Waals surface area contributed by atoms with Crippen molar-refractivity contribution in [3.8, 4) is 5.19 Å². The smallest absolute Gasteiger partial charge is 0.273 e. The third kappa shape index (κ3) is 2.17. The van der Waals surface area contributed by atoms with Gasteiger partial charge in [-0.15, -0.1) is 0 Å². The Morgan fingerprint density at radius 2 is 2.58 bits per heavy atom. The molecule has 1 rings (SSSR count). The van der Waals surface area contributed by atoms with Crippen molar-refractivity contribution in [1.82, 2.24) is 10.3 Å². The molecule has 5 heteroatoms. The summed E-state index contributed by atoms with van der Waals surface area (Å²) in [7, 11) is 3.35. The molecule has 0 amide bonds. The summed E-state index contributed by atoms with van der Waals surface area (Å²) in [4.78, 5) is 4.05. The van der Waals surface area contributed by atoms with E-state index in [0.717, 1.165) is 0 Å². The molecule has 68 valence electrons. The van der Waals surface area contributed by atoms with E-state index in [9.17, 15) is 5.11 Å². The minimum atomic E-state index is -0.546. The molecule has 0 aliphatic rings. The second-order valence-electron chi connectivity index (χ2n) is 2.32. The monoisotopic (exact) mass is 188 g/mol. The van der Waals surface area contributed by atoms with E-state index in [1.165, 1.54) is 11.3 Å². The first kappa shape index (κ1) is 9.44. The lowest BCUT2D eigenvalue weighted by atomic mass is 10.3. The summed E-state index contributed by atoms with van der Waals surface area (Å²) in [6, 6.07) is 0. The molecule has 0 fully saturated rings. The number of nitrogens with zero attached hydrogens (tertiary/aromatic N) is 1. The van der Waals surface area contributed by atoms with E-state index in [1.54, 1.807) is 19.5 Å². The maximum Gasteiger partial charge on any atom is 0.273 e. The zero-order chi connectivity index (χ0) is 8.97. The average Bonchev–Trinajstić information content (AvgIpc) is 2.52. The molecule has 1 aromatic heterocycles. The molecule has 0 aliphatic carbocycles. The summed E-state index contributed by atoms with van der Waals surface area (Å²) in [5, 5.41) is 14.7. The van der Waals surface area contributed by atoms with Crippen LogP contribution in [0, 0.1) is 0 Å². The number of likely N-dealkylation sites (N-methyl/N-ethyl adjacent to an activating group) is 1. The number of methoxy groups -OCH3 is 1. The van der Waals surface area contributed by atoms with Crippen LogP contribution in [0.4, 0.5) is 0 Å². The first-order valence-electron chi connectivity index (χ1n) is 3.60. The van der Waals surface area contributed by atoms with E-state index in [-0.39, 0.29) is 0 Å². The average molecular weight is 188 g/mol. The molecule has 1 unspecified atom stereocenters. The standard InChI is InChI=1S/C7H12N2O2S/c1-8-3-6(10)5-4-12-7(9-5)11-2/h4,6,8,10H,3H2,1-2H3. The number of hydrogen-bond acceptors (Lipinski definition) is 5. The number of hydrogen-bond donors (Lipinski definition) is 2. The van der Waals surface area contributed by atoms with Crippen LogP contribution < -0.4 is 10.1 Å². The zero-order valence-corrected chi connectivity index (χ0v) is 7.89. The summed E-state index contributed by atoms with van der Waals surface area (Å²) < 4.78 is 4.90. The third-order valence-electron chi connectivity index (χ3n) is 1.41. The molecular weight excluding hydrogens is 176 g/mol. The molecular formula is C7H12N2O2S. The Bertz CT molecular complexity index is 239. The largest absolute Gasteiger partial charge is 0.473 e. The number of nitrogens with one attached hydrogen (secondary N) is 1. The normalized spacial score (nSPS) is 12.9. The minimum absolute atomic E-state index is 0.507. The third-order valence-corrected chi connectivity index (χ3v) is 2.23. The first-order chi connectivity index (χ1) is 5.77. The van der Waals surface area contributed by atoms with Gasteiger partial charge in [-0.25, -0.2) is 4.98 Å². The van der Waals surface area contributed by atoms with Crippen molar-refractivity contribution in [2.45, 2.75) is 6.10 Å². The Labute approximate surface area is 75.2 Å². The van der Waals surface area contributed by atoms with Crippen molar-refractivity contribution in [1.29, 1.82) is 0 Å². The van der Waals surface area contributed by atoms with Gasteiger partial charge in [0.1, 0.15) is 6.10 Å². The molecule has 1 atom stereocenters. The van der Waals surface area contributed by atoms with Gasteiger partial charge in [-0.1, -0.05) is 11.3 Å². The van der Waals surface area contributed by atoms with E-state index >= 15 is 0 Å². The summed E-state index contributed by atoms with van der Waals surface area (Å²) in [6.07, 6.45) is -0.546. The summed E-state index contributed by atoms with van der Waals surface area (Å²) in [5.74, 6) is 0. The lowest BCUT2D eigenvalue weighted by Crippen LogP contribution is -2.16. The minimum Gasteiger partial charge on any atom is -0.473 e.